The van der Waals surface area contributed by atoms with Crippen molar-refractivity contribution in [3.8, 4) is 11.3 Å². The van der Waals surface area contributed by atoms with E-state index in [0.29, 0.717) is 49.0 Å². The number of fused-ring (bicyclic) bond motifs is 6. The second-order valence-corrected chi connectivity index (χ2v) is 20.8. The Kier molecular flexibility index (Phi) is 15.6. The van der Waals surface area contributed by atoms with Gasteiger partial charge in [0.2, 0.25) is 17.5 Å². The van der Waals surface area contributed by atoms with Crippen LogP contribution in [0.25, 0.3) is 27.7 Å². The van der Waals surface area contributed by atoms with Crippen molar-refractivity contribution >= 4 is 63.7 Å². The molecule has 0 radical (unpaired) electrons. The monoisotopic (exact) mass is 983 g/mol. The van der Waals surface area contributed by atoms with Crippen molar-refractivity contribution in [3.05, 3.63) is 70.9 Å². The maximum absolute atomic E-state index is 14.7. The number of allylic oxidation sites excluding steroid dienone is 2. The molecule has 378 valence electrons. The van der Waals surface area contributed by atoms with E-state index in [9.17, 15) is 29.1 Å². The Morgan fingerprint density at radius 3 is 2.51 bits per heavy atom. The summed E-state index contributed by atoms with van der Waals surface area (Å²) in [7, 11) is 3.21. The summed E-state index contributed by atoms with van der Waals surface area (Å²) in [5, 5.41) is 19.5. The zero-order valence-corrected chi connectivity index (χ0v) is 42.8. The minimum Gasteiger partial charge on any atom is -0.462 e. The lowest BCUT2D eigenvalue weighted by molar-refractivity contribution is -0.189. The number of hydrazine groups is 1. The van der Waals surface area contributed by atoms with E-state index in [2.05, 4.69) is 47.5 Å². The minimum atomic E-state index is -2.25. The van der Waals surface area contributed by atoms with Gasteiger partial charge in [0, 0.05) is 85.7 Å². The smallest absolute Gasteiger partial charge is 0.355 e. The number of likely N-dealkylation sites (tertiary alicyclic amines) is 1. The number of aliphatic hydroxyl groups is 1. The van der Waals surface area contributed by atoms with Crippen molar-refractivity contribution in [1.29, 1.82) is 0 Å². The first-order valence-corrected chi connectivity index (χ1v) is 25.0. The fourth-order valence-electron chi connectivity index (χ4n) is 10.2. The van der Waals surface area contributed by atoms with Crippen molar-refractivity contribution in [3.63, 3.8) is 0 Å². The van der Waals surface area contributed by atoms with Gasteiger partial charge in [-0.15, -0.1) is 11.3 Å². The van der Waals surface area contributed by atoms with Crippen molar-refractivity contribution in [2.45, 2.75) is 110 Å². The summed E-state index contributed by atoms with van der Waals surface area (Å²) in [4.78, 5) is 84.2. The molecule has 3 saturated heterocycles. The number of methoxy groups -OCH3 is 1. The number of nitrogens with zero attached hydrogens (tertiary/aromatic N) is 7. The molecule has 4 atom stereocenters. The van der Waals surface area contributed by atoms with E-state index in [1.165, 1.54) is 27.3 Å². The topological polar surface area (TPSA) is 200 Å². The van der Waals surface area contributed by atoms with E-state index < -0.39 is 52.6 Å². The molecule has 1 spiro atoms. The molecule has 2 aromatic heterocycles. The number of aromatic nitrogens is 2. The molecule has 1 aromatic carbocycles. The second kappa shape index (κ2) is 20.9. The van der Waals surface area contributed by atoms with E-state index in [1.807, 2.05) is 59.1 Å². The summed E-state index contributed by atoms with van der Waals surface area (Å²) >= 11 is 1.34. The van der Waals surface area contributed by atoms with Gasteiger partial charge in [-0.3, -0.25) is 24.4 Å². The number of amides is 5. The highest BCUT2D eigenvalue weighted by Crippen LogP contribution is 2.41. The minimum absolute atomic E-state index is 0.0283. The third kappa shape index (κ3) is 10.4. The summed E-state index contributed by atoms with van der Waals surface area (Å²) in [6.45, 7) is 23.4. The van der Waals surface area contributed by atoms with E-state index in [0.717, 1.165) is 33.3 Å². The van der Waals surface area contributed by atoms with Crippen LogP contribution in [0.5, 0.6) is 0 Å². The Morgan fingerprint density at radius 2 is 1.86 bits per heavy atom. The first-order valence-electron chi connectivity index (χ1n) is 24.1. The number of morpholine rings is 1. The normalized spacial score (nSPS) is 22.8. The molecular weight excluding hydrogens is 915 g/mol. The number of carbonyl (C=O) groups is 5. The number of aryl methyl sites for hydroxylation is 1. The van der Waals surface area contributed by atoms with E-state index in [4.69, 9.17) is 24.2 Å². The van der Waals surface area contributed by atoms with Gasteiger partial charge < -0.3 is 43.9 Å². The number of thiazole rings is 1. The lowest BCUT2D eigenvalue weighted by atomic mass is 9.84. The maximum atomic E-state index is 14.7. The molecule has 0 unspecified atom stereocenters. The standard InChI is InChI=1S/C51H69N9O9S/c1-12-34(42(52-14-3)32(7)67-11)44-36-25-49(8,9)30-68-47(64)51(66)19-16-20-60(55-51)46(63)37(24-40-53-38(26-70-40)33-17-18-39(35(36)23-33)59(44)15-4)54-45(62)43(31(5)6)56(10)48(65)57-21-22-69-50(27-57)28-58(29-50)41(61)13-2/h12-14,17-18,23,26,31-32,37,43,55,66H,1-2,15-16,19-22,24-25,27-30H2,3-11H3,(H,54,62)/b42-34+,52-14-/t32-,37-,43-,51-/m0/s1. The quantitative estimate of drug-likeness (QED) is 0.102. The first-order chi connectivity index (χ1) is 33.2. The van der Waals surface area contributed by atoms with Crippen molar-refractivity contribution < 1.29 is 43.3 Å². The number of carbonyl (C=O) groups excluding carboxylic acids is 5. The molecule has 5 amide bonds. The summed E-state index contributed by atoms with van der Waals surface area (Å²) in [5.41, 5.74) is 5.03. The third-order valence-electron chi connectivity index (χ3n) is 13.7. The van der Waals surface area contributed by atoms with Gasteiger partial charge >= 0.3 is 12.0 Å². The van der Waals surface area contributed by atoms with Gasteiger partial charge in [-0.2, -0.15) is 5.43 Å². The number of hydrogen-bond donors (Lipinski definition) is 3. The summed E-state index contributed by atoms with van der Waals surface area (Å²) in [6, 6.07) is 3.56. The summed E-state index contributed by atoms with van der Waals surface area (Å²) in [5.74, 6) is -2.71. The number of esters is 1. The first kappa shape index (κ1) is 52.1. The molecule has 7 rings (SSSR count). The van der Waals surface area contributed by atoms with Crippen LogP contribution in [0.2, 0.25) is 0 Å². The van der Waals surface area contributed by atoms with Crippen LogP contribution in [0.4, 0.5) is 4.79 Å². The van der Waals surface area contributed by atoms with Crippen LogP contribution in [-0.2, 0) is 52.8 Å². The molecule has 0 saturated carbocycles. The number of rotatable bonds is 11. The molecule has 70 heavy (non-hydrogen) atoms. The van der Waals surface area contributed by atoms with Crippen molar-refractivity contribution in [2.24, 2.45) is 16.3 Å². The van der Waals surface area contributed by atoms with Gasteiger partial charge in [-0.05, 0) is 63.3 Å². The molecule has 6 bridgehead atoms. The summed E-state index contributed by atoms with van der Waals surface area (Å²) in [6.07, 6.45) is 5.08. The van der Waals surface area contributed by atoms with Crippen LogP contribution in [0, 0.1) is 11.3 Å². The number of ether oxygens (including phenoxy) is 3. The zero-order valence-electron chi connectivity index (χ0n) is 42.0. The number of hydrogen-bond acceptors (Lipinski definition) is 13. The van der Waals surface area contributed by atoms with E-state index >= 15 is 0 Å². The molecule has 4 aliphatic rings. The average molecular weight is 984 g/mol. The highest BCUT2D eigenvalue weighted by atomic mass is 32.1. The number of cyclic esters (lactones) is 1. The van der Waals surface area contributed by atoms with E-state index in [1.54, 1.807) is 30.2 Å². The van der Waals surface area contributed by atoms with Gasteiger partial charge in [-0.25, -0.2) is 14.6 Å². The van der Waals surface area contributed by atoms with Crippen LogP contribution in [0.3, 0.4) is 0 Å². The number of likely N-dealkylation sites (N-methyl/N-ethyl adjacent to an activating group) is 1. The van der Waals surface area contributed by atoms with Gasteiger partial charge in [-0.1, -0.05) is 53.0 Å². The predicted octanol–water partition coefficient (Wildman–Crippen LogP) is 4.95. The highest BCUT2D eigenvalue weighted by molar-refractivity contribution is 7.10. The largest absolute Gasteiger partial charge is 0.462 e. The van der Waals surface area contributed by atoms with E-state index in [-0.39, 0.29) is 63.5 Å². The third-order valence-corrected chi connectivity index (χ3v) is 14.6. The van der Waals surface area contributed by atoms with Crippen LogP contribution in [0.1, 0.15) is 77.6 Å². The van der Waals surface area contributed by atoms with Gasteiger partial charge in [0.1, 0.15) is 17.7 Å². The van der Waals surface area contributed by atoms with Gasteiger partial charge in [0.25, 0.3) is 5.91 Å². The zero-order chi connectivity index (χ0) is 50.9. The number of urea groups is 1. The Hall–Kier alpha value is -5.73. The van der Waals surface area contributed by atoms with Crippen LogP contribution in [0.15, 0.2) is 59.6 Å². The predicted molar refractivity (Wildman–Crippen MR) is 268 cm³/mol. The van der Waals surface area contributed by atoms with Crippen molar-refractivity contribution in [1.82, 2.24) is 40.0 Å². The fourth-order valence-corrected chi connectivity index (χ4v) is 11.0. The Bertz CT molecular complexity index is 2590. The second-order valence-electron chi connectivity index (χ2n) is 19.9. The fraction of sp³-hybridized carbons (Fsp3) is 0.549. The Balaban J connectivity index is 1.26. The van der Waals surface area contributed by atoms with Gasteiger partial charge in [0.05, 0.1) is 61.0 Å². The Morgan fingerprint density at radius 1 is 1.13 bits per heavy atom. The van der Waals surface area contributed by atoms with Gasteiger partial charge in [0.15, 0.2) is 0 Å². The molecule has 0 aliphatic carbocycles. The molecule has 6 heterocycles. The SMILES string of the molecule is C=CC(=O)N1CC2(C1)CN(C(=O)N(C)[C@H](C(=O)N[C@H]1Cc3nc(cs3)-c3ccc4c(c3)c(c(/C(C=C)=C(/N=C\C)[C@H](C)OC)n4CC)CC(C)(C)COC(=O)[C@@]3(O)CCCN(N3)C1=O)C(C)C)CCO2. The van der Waals surface area contributed by atoms with Crippen LogP contribution >= 0.6 is 11.3 Å². The molecule has 3 aromatic rings. The lowest BCUT2D eigenvalue weighted by Gasteiger charge is -2.53. The molecule has 19 heteroatoms. The lowest BCUT2D eigenvalue weighted by Crippen LogP contribution is -2.72. The number of aliphatic imine (C=N–C) groups is 1. The van der Waals surface area contributed by atoms with Crippen LogP contribution < -0.4 is 10.7 Å². The molecular formula is C51H69N9O9S. The molecule has 3 N–H and O–H groups in total. The Labute approximate surface area is 414 Å². The number of nitrogens with one attached hydrogen (secondary N) is 2. The molecule has 18 nitrogen and oxygen atoms in total. The highest BCUT2D eigenvalue weighted by Gasteiger charge is 2.51. The van der Waals surface area contributed by atoms with Crippen LogP contribution in [-0.4, -0.2) is 160 Å². The molecule has 4 aliphatic heterocycles. The average Bonchev–Trinajstić information content (AvgIpc) is 3.92. The maximum Gasteiger partial charge on any atom is 0.355 e. The summed E-state index contributed by atoms with van der Waals surface area (Å²) < 4.78 is 20.1. The number of benzene rings is 1. The van der Waals surface area contributed by atoms with Crippen molar-refractivity contribution in [2.75, 3.05) is 60.1 Å². The molecule has 3 fully saturated rings.